The van der Waals surface area contributed by atoms with E-state index in [2.05, 4.69) is 5.32 Å². The van der Waals surface area contributed by atoms with Crippen LogP contribution in [0.15, 0.2) is 41.3 Å². The molecule has 11 heteroatoms. The highest BCUT2D eigenvalue weighted by Gasteiger charge is 2.25. The maximum atomic E-state index is 13.6. The maximum absolute atomic E-state index is 13.6. The Morgan fingerprint density at radius 1 is 1.13 bits per heavy atom. The first kappa shape index (κ1) is 22.6. The van der Waals surface area contributed by atoms with Crippen LogP contribution in [0.3, 0.4) is 0 Å². The fourth-order valence-corrected chi connectivity index (χ4v) is 4.34. The largest absolute Gasteiger partial charge is 0.371 e. The van der Waals surface area contributed by atoms with Gasteiger partial charge in [0, 0.05) is 44.6 Å². The topological polar surface area (TPSA) is 113 Å². The van der Waals surface area contributed by atoms with Crippen LogP contribution in [0.1, 0.15) is 29.6 Å². The summed E-state index contributed by atoms with van der Waals surface area (Å²) in [5.41, 5.74) is -0.0372. The second-order valence-electron chi connectivity index (χ2n) is 7.39. The molecule has 0 bridgehead atoms. The highest BCUT2D eigenvalue weighted by atomic mass is 32.2. The van der Waals surface area contributed by atoms with Crippen LogP contribution < -0.4 is 10.2 Å². The minimum atomic E-state index is -3.78. The summed E-state index contributed by atoms with van der Waals surface area (Å²) in [7, 11) is -0.993. The van der Waals surface area contributed by atoms with Crippen LogP contribution in [-0.4, -0.2) is 50.7 Å². The summed E-state index contributed by atoms with van der Waals surface area (Å²) < 4.78 is 39.8. The summed E-state index contributed by atoms with van der Waals surface area (Å²) in [5.74, 6) is -1.66. The number of nitro benzene ring substituents is 1. The van der Waals surface area contributed by atoms with E-state index in [-0.39, 0.29) is 16.1 Å². The number of sulfonamides is 1. The standard InChI is InChI=1S/C20H23FN4O5S/c1-23(2)31(29,30)15-7-9-18(24-10-4-3-5-11-24)16(13-15)20(26)22-14-6-8-17(21)19(12-14)25(27)28/h6-9,12-13H,3-5,10-11H2,1-2H3,(H,22,26). The van der Waals surface area contributed by atoms with Crippen LogP contribution in [0, 0.1) is 15.9 Å². The zero-order chi connectivity index (χ0) is 22.8. The quantitative estimate of drug-likeness (QED) is 0.534. The molecular weight excluding hydrogens is 427 g/mol. The predicted octanol–water partition coefficient (Wildman–Crippen LogP) is 3.23. The molecule has 0 aromatic heterocycles. The third-order valence-electron chi connectivity index (χ3n) is 5.09. The minimum Gasteiger partial charge on any atom is -0.371 e. The molecular formula is C20H23FN4O5S. The van der Waals surface area contributed by atoms with Gasteiger partial charge in [-0.15, -0.1) is 0 Å². The fourth-order valence-electron chi connectivity index (χ4n) is 3.41. The fraction of sp³-hybridized carbons (Fsp3) is 0.350. The number of hydrogen-bond donors (Lipinski definition) is 1. The van der Waals surface area contributed by atoms with E-state index in [1.54, 1.807) is 6.07 Å². The monoisotopic (exact) mass is 450 g/mol. The first-order valence-electron chi connectivity index (χ1n) is 9.68. The molecule has 166 valence electrons. The maximum Gasteiger partial charge on any atom is 0.306 e. The second-order valence-corrected chi connectivity index (χ2v) is 9.54. The third-order valence-corrected chi connectivity index (χ3v) is 6.90. The van der Waals surface area contributed by atoms with Crippen molar-refractivity contribution in [1.82, 2.24) is 4.31 Å². The number of rotatable bonds is 6. The summed E-state index contributed by atoms with van der Waals surface area (Å²) in [5, 5.41) is 13.5. The summed E-state index contributed by atoms with van der Waals surface area (Å²) in [6, 6.07) is 7.39. The first-order chi connectivity index (χ1) is 14.6. The van der Waals surface area contributed by atoms with Crippen molar-refractivity contribution >= 4 is 33.0 Å². The molecule has 1 saturated heterocycles. The number of nitrogens with zero attached hydrogens (tertiary/aromatic N) is 3. The van der Waals surface area contributed by atoms with Gasteiger partial charge in [-0.1, -0.05) is 0 Å². The Balaban J connectivity index is 2.02. The van der Waals surface area contributed by atoms with Gasteiger partial charge in [0.05, 0.1) is 15.4 Å². The van der Waals surface area contributed by atoms with Crippen LogP contribution >= 0.6 is 0 Å². The highest BCUT2D eigenvalue weighted by molar-refractivity contribution is 7.89. The van der Waals surface area contributed by atoms with Gasteiger partial charge >= 0.3 is 5.69 Å². The van der Waals surface area contributed by atoms with Crippen molar-refractivity contribution in [1.29, 1.82) is 0 Å². The van der Waals surface area contributed by atoms with Crippen molar-refractivity contribution in [2.24, 2.45) is 0 Å². The van der Waals surface area contributed by atoms with Gasteiger partial charge in [-0.2, -0.15) is 4.39 Å². The van der Waals surface area contributed by atoms with Gasteiger partial charge < -0.3 is 10.2 Å². The smallest absolute Gasteiger partial charge is 0.306 e. The summed E-state index contributed by atoms with van der Waals surface area (Å²) in [6.45, 7) is 1.45. The van der Waals surface area contributed by atoms with Crippen LogP contribution in [-0.2, 0) is 10.0 Å². The van der Waals surface area contributed by atoms with E-state index in [4.69, 9.17) is 0 Å². The van der Waals surface area contributed by atoms with E-state index in [1.807, 2.05) is 4.90 Å². The summed E-state index contributed by atoms with van der Waals surface area (Å²) in [6.07, 6.45) is 2.97. The lowest BCUT2D eigenvalue weighted by Crippen LogP contribution is -2.32. The summed E-state index contributed by atoms with van der Waals surface area (Å²) >= 11 is 0. The number of piperidine rings is 1. The van der Waals surface area contributed by atoms with E-state index >= 15 is 0 Å². The lowest BCUT2D eigenvalue weighted by atomic mass is 10.1. The van der Waals surface area contributed by atoms with Crippen LogP contribution in [0.2, 0.25) is 0 Å². The van der Waals surface area contributed by atoms with Crippen molar-refractivity contribution in [3.8, 4) is 0 Å². The highest BCUT2D eigenvalue weighted by Crippen LogP contribution is 2.29. The van der Waals surface area contributed by atoms with Gasteiger partial charge in [0.1, 0.15) is 0 Å². The van der Waals surface area contributed by atoms with Crippen molar-refractivity contribution in [3.63, 3.8) is 0 Å². The molecule has 1 amide bonds. The van der Waals surface area contributed by atoms with Crippen LogP contribution in [0.4, 0.5) is 21.5 Å². The van der Waals surface area contributed by atoms with E-state index in [9.17, 15) is 27.7 Å². The molecule has 3 rings (SSSR count). The molecule has 0 unspecified atom stereocenters. The van der Waals surface area contributed by atoms with Gasteiger partial charge in [0.2, 0.25) is 15.8 Å². The molecule has 2 aromatic carbocycles. The lowest BCUT2D eigenvalue weighted by molar-refractivity contribution is -0.387. The number of nitrogens with one attached hydrogen (secondary N) is 1. The third kappa shape index (κ3) is 4.83. The molecule has 0 spiro atoms. The molecule has 31 heavy (non-hydrogen) atoms. The number of halogens is 1. The number of benzene rings is 2. The zero-order valence-corrected chi connectivity index (χ0v) is 18.0. The minimum absolute atomic E-state index is 0.0311. The number of hydrogen-bond acceptors (Lipinski definition) is 6. The Hall–Kier alpha value is -3.05. The Morgan fingerprint density at radius 2 is 1.81 bits per heavy atom. The summed E-state index contributed by atoms with van der Waals surface area (Å²) in [4.78, 5) is 25.2. The van der Waals surface area contributed by atoms with Gasteiger partial charge in [-0.25, -0.2) is 12.7 Å². The van der Waals surface area contributed by atoms with Crippen molar-refractivity contribution in [3.05, 3.63) is 57.9 Å². The molecule has 0 radical (unpaired) electrons. The lowest BCUT2D eigenvalue weighted by Gasteiger charge is -2.30. The SMILES string of the molecule is CN(C)S(=O)(=O)c1ccc(N2CCCCC2)c(C(=O)Nc2ccc(F)c([N+](=O)[O-])c2)c1. The van der Waals surface area contributed by atoms with E-state index in [1.165, 1.54) is 32.3 Å². The molecule has 2 aromatic rings. The van der Waals surface area contributed by atoms with Gasteiger partial charge in [0.15, 0.2) is 0 Å². The van der Waals surface area contributed by atoms with E-state index in [0.29, 0.717) is 5.69 Å². The average Bonchev–Trinajstić information content (AvgIpc) is 2.74. The van der Waals surface area contributed by atoms with E-state index in [0.717, 1.165) is 48.8 Å². The van der Waals surface area contributed by atoms with Crippen LogP contribution in [0.5, 0.6) is 0 Å². The van der Waals surface area contributed by atoms with Crippen molar-refractivity contribution in [2.75, 3.05) is 37.4 Å². The van der Waals surface area contributed by atoms with Gasteiger partial charge in [-0.05, 0) is 49.6 Å². The zero-order valence-electron chi connectivity index (χ0n) is 17.2. The number of carbonyl (C=O) groups excluding carboxylic acids is 1. The molecule has 1 N–H and O–H groups in total. The van der Waals surface area contributed by atoms with Gasteiger partial charge in [0.25, 0.3) is 5.91 Å². The molecule has 1 aliphatic rings. The van der Waals surface area contributed by atoms with Gasteiger partial charge in [-0.3, -0.25) is 14.9 Å². The Labute approximate surface area is 179 Å². The Kier molecular flexibility index (Phi) is 6.56. The number of nitro groups is 1. The number of carbonyl (C=O) groups is 1. The van der Waals surface area contributed by atoms with Crippen molar-refractivity contribution in [2.45, 2.75) is 24.2 Å². The molecule has 1 heterocycles. The normalized spacial score (nSPS) is 14.5. The number of anilines is 2. The molecule has 1 aliphatic heterocycles. The Morgan fingerprint density at radius 3 is 2.42 bits per heavy atom. The predicted molar refractivity (Wildman–Crippen MR) is 114 cm³/mol. The molecule has 1 fully saturated rings. The average molecular weight is 450 g/mol. The first-order valence-corrected chi connectivity index (χ1v) is 11.1. The number of amides is 1. The molecule has 9 nitrogen and oxygen atoms in total. The molecule has 0 saturated carbocycles. The van der Waals surface area contributed by atoms with Crippen molar-refractivity contribution < 1.29 is 22.5 Å². The Bertz CT molecular complexity index is 1110. The molecule has 0 atom stereocenters. The molecule has 0 aliphatic carbocycles. The second kappa shape index (κ2) is 8.98. The van der Waals surface area contributed by atoms with E-state index < -0.39 is 32.4 Å². The van der Waals surface area contributed by atoms with Crippen LogP contribution in [0.25, 0.3) is 0 Å².